The average molecular weight is 259 g/mol. The van der Waals surface area contributed by atoms with Crippen molar-refractivity contribution >= 4 is 13.6 Å². The molecule has 0 aliphatic heterocycles. The zero-order valence-corrected chi connectivity index (χ0v) is 10.2. The van der Waals surface area contributed by atoms with Crippen LogP contribution >= 0.6 is 7.60 Å². The highest BCUT2D eigenvalue weighted by Crippen LogP contribution is 2.43. The smallest absolute Gasteiger partial charge is 0.340 e. The summed E-state index contributed by atoms with van der Waals surface area (Å²) in [5.74, 6) is -0.885. The first kappa shape index (κ1) is 13.8. The van der Waals surface area contributed by atoms with Crippen LogP contribution in [-0.4, -0.2) is 33.0 Å². The molecule has 7 heteroatoms. The van der Waals surface area contributed by atoms with Gasteiger partial charge < -0.3 is 14.5 Å². The van der Waals surface area contributed by atoms with E-state index in [1.54, 1.807) is 25.3 Å². The summed E-state index contributed by atoms with van der Waals surface area (Å²) in [6.45, 7) is 1.67. The van der Waals surface area contributed by atoms with E-state index in [0.29, 0.717) is 5.56 Å². The molecule has 17 heavy (non-hydrogen) atoms. The lowest BCUT2D eigenvalue weighted by atomic mass is 10.1. The molecule has 0 radical (unpaired) electrons. The van der Waals surface area contributed by atoms with Gasteiger partial charge >= 0.3 is 13.6 Å². The molecular weight excluding hydrogens is 245 g/mol. The van der Waals surface area contributed by atoms with Gasteiger partial charge in [-0.05, 0) is 25.0 Å². The topological polar surface area (TPSA) is 96.7 Å². The van der Waals surface area contributed by atoms with Gasteiger partial charge in [-0.1, -0.05) is 6.07 Å². The third kappa shape index (κ3) is 4.26. The molecule has 0 bridgehead atoms. The first-order valence-corrected chi connectivity index (χ1v) is 6.74. The van der Waals surface area contributed by atoms with Gasteiger partial charge in [0.1, 0.15) is 0 Å². The fourth-order valence-corrected chi connectivity index (χ4v) is 2.12. The van der Waals surface area contributed by atoms with Crippen LogP contribution < -0.4 is 0 Å². The van der Waals surface area contributed by atoms with Crippen LogP contribution in [0, 0.1) is 0 Å². The van der Waals surface area contributed by atoms with E-state index in [9.17, 15) is 9.36 Å². The number of pyridine rings is 1. The fourth-order valence-electron chi connectivity index (χ4n) is 1.32. The number of carbonyl (C=O) groups excluding carboxylic acids is 1. The summed E-state index contributed by atoms with van der Waals surface area (Å²) >= 11 is 0. The van der Waals surface area contributed by atoms with Crippen LogP contribution in [0.15, 0.2) is 24.5 Å². The highest BCUT2D eigenvalue weighted by Gasteiger charge is 2.36. The molecule has 94 valence electrons. The summed E-state index contributed by atoms with van der Waals surface area (Å²) in [5, 5.41) is 0. The third-order valence-corrected chi connectivity index (χ3v) is 3.32. The standard InChI is InChI=1S/C10H14NO5P/c1-2-16-10(12)9(17(13,14)15)6-8-4-3-5-11-7-8/h3-5,7,9H,2,6H2,1H3,(H2,13,14,15)/t9-/m0/s1. The van der Waals surface area contributed by atoms with Crippen LogP contribution in [0.3, 0.4) is 0 Å². The molecule has 1 rings (SSSR count). The van der Waals surface area contributed by atoms with Crippen molar-refractivity contribution < 1.29 is 23.9 Å². The maximum atomic E-state index is 11.5. The molecule has 0 amide bonds. The van der Waals surface area contributed by atoms with Crippen molar-refractivity contribution in [2.45, 2.75) is 19.0 Å². The van der Waals surface area contributed by atoms with Crippen molar-refractivity contribution in [2.75, 3.05) is 6.61 Å². The molecule has 0 unspecified atom stereocenters. The number of ether oxygens (including phenoxy) is 1. The predicted molar refractivity (Wildman–Crippen MR) is 60.4 cm³/mol. The molecule has 0 aliphatic carbocycles. The minimum absolute atomic E-state index is 0.0857. The average Bonchev–Trinajstić information content (AvgIpc) is 2.26. The summed E-state index contributed by atoms with van der Waals surface area (Å²) in [5.41, 5.74) is -0.888. The lowest BCUT2D eigenvalue weighted by Crippen LogP contribution is -2.26. The van der Waals surface area contributed by atoms with E-state index >= 15 is 0 Å². The molecule has 0 fully saturated rings. The lowest BCUT2D eigenvalue weighted by molar-refractivity contribution is -0.142. The normalized spacial score (nSPS) is 13.1. The molecule has 1 heterocycles. The van der Waals surface area contributed by atoms with Gasteiger partial charge in [-0.15, -0.1) is 0 Å². The Hall–Kier alpha value is -1.23. The van der Waals surface area contributed by atoms with Gasteiger partial charge in [0, 0.05) is 12.4 Å². The fraction of sp³-hybridized carbons (Fsp3) is 0.400. The molecule has 1 atom stereocenters. The van der Waals surface area contributed by atoms with Gasteiger partial charge in [-0.2, -0.15) is 0 Å². The van der Waals surface area contributed by atoms with Crippen molar-refractivity contribution in [3.63, 3.8) is 0 Å². The van der Waals surface area contributed by atoms with Gasteiger partial charge in [-0.3, -0.25) is 14.3 Å². The molecule has 0 aromatic carbocycles. The summed E-state index contributed by atoms with van der Waals surface area (Å²) in [4.78, 5) is 33.5. The second-order valence-electron chi connectivity index (χ2n) is 3.42. The SMILES string of the molecule is CCOC(=O)[C@H](Cc1cccnc1)P(=O)(O)O. The van der Waals surface area contributed by atoms with E-state index in [1.807, 2.05) is 0 Å². The Bertz CT molecular complexity index is 416. The van der Waals surface area contributed by atoms with E-state index < -0.39 is 19.2 Å². The Labute approximate surface area is 98.8 Å². The molecule has 6 nitrogen and oxygen atoms in total. The van der Waals surface area contributed by atoms with Crippen molar-refractivity contribution in [3.05, 3.63) is 30.1 Å². The Balaban J connectivity index is 2.86. The summed E-state index contributed by atoms with van der Waals surface area (Å²) in [6, 6.07) is 3.28. The monoisotopic (exact) mass is 259 g/mol. The minimum atomic E-state index is -4.53. The number of aromatic nitrogens is 1. The number of hydrogen-bond donors (Lipinski definition) is 2. The zero-order valence-electron chi connectivity index (χ0n) is 9.31. The Morgan fingerprint density at radius 2 is 2.29 bits per heavy atom. The second kappa shape index (κ2) is 5.91. The number of hydrogen-bond acceptors (Lipinski definition) is 4. The summed E-state index contributed by atoms with van der Waals surface area (Å²) in [6.07, 6.45) is 2.92. The second-order valence-corrected chi connectivity index (χ2v) is 5.22. The Kier molecular flexibility index (Phi) is 4.81. The largest absolute Gasteiger partial charge is 0.465 e. The van der Waals surface area contributed by atoms with Crippen molar-refractivity contribution in [1.29, 1.82) is 0 Å². The van der Waals surface area contributed by atoms with Crippen molar-refractivity contribution in [3.8, 4) is 0 Å². The van der Waals surface area contributed by atoms with E-state index in [0.717, 1.165) is 0 Å². The van der Waals surface area contributed by atoms with Crippen LogP contribution in [0.1, 0.15) is 12.5 Å². The molecule has 0 aliphatic rings. The molecule has 0 saturated carbocycles. The van der Waals surface area contributed by atoms with Crippen LogP contribution in [0.2, 0.25) is 0 Å². The Morgan fingerprint density at radius 3 is 2.76 bits per heavy atom. The molecule has 0 spiro atoms. The van der Waals surface area contributed by atoms with E-state index in [2.05, 4.69) is 9.72 Å². The first-order valence-electron chi connectivity index (χ1n) is 5.06. The first-order chi connectivity index (χ1) is 7.95. The predicted octanol–water partition coefficient (Wildman–Crippen LogP) is 0.733. The maximum Gasteiger partial charge on any atom is 0.340 e. The van der Waals surface area contributed by atoms with Gasteiger partial charge in [0.25, 0.3) is 0 Å². The van der Waals surface area contributed by atoms with E-state index in [4.69, 9.17) is 9.79 Å². The maximum absolute atomic E-state index is 11.5. The van der Waals surface area contributed by atoms with Gasteiger partial charge in [0.05, 0.1) is 6.61 Å². The number of esters is 1. The van der Waals surface area contributed by atoms with Crippen LogP contribution in [-0.2, 0) is 20.5 Å². The number of nitrogens with zero attached hydrogens (tertiary/aromatic N) is 1. The van der Waals surface area contributed by atoms with Gasteiger partial charge in [0.15, 0.2) is 5.66 Å². The molecular formula is C10H14NO5P. The zero-order chi connectivity index (χ0) is 12.9. The molecule has 1 aromatic heterocycles. The van der Waals surface area contributed by atoms with Crippen molar-refractivity contribution in [1.82, 2.24) is 4.98 Å². The molecule has 0 saturated heterocycles. The van der Waals surface area contributed by atoms with E-state index in [-0.39, 0.29) is 13.0 Å². The highest BCUT2D eigenvalue weighted by molar-refractivity contribution is 7.53. The van der Waals surface area contributed by atoms with Gasteiger partial charge in [0.2, 0.25) is 0 Å². The van der Waals surface area contributed by atoms with Crippen LogP contribution in [0.25, 0.3) is 0 Å². The molecule has 1 aromatic rings. The number of carbonyl (C=O) groups is 1. The highest BCUT2D eigenvalue weighted by atomic mass is 31.2. The molecule has 2 N–H and O–H groups in total. The minimum Gasteiger partial charge on any atom is -0.465 e. The van der Waals surface area contributed by atoms with Gasteiger partial charge in [-0.25, -0.2) is 0 Å². The van der Waals surface area contributed by atoms with E-state index in [1.165, 1.54) is 6.20 Å². The third-order valence-electron chi connectivity index (χ3n) is 2.12. The van der Waals surface area contributed by atoms with Crippen molar-refractivity contribution in [2.24, 2.45) is 0 Å². The summed E-state index contributed by atoms with van der Waals surface area (Å²) in [7, 11) is -4.53. The summed E-state index contributed by atoms with van der Waals surface area (Å²) < 4.78 is 15.9. The lowest BCUT2D eigenvalue weighted by Gasteiger charge is -2.16. The van der Waals surface area contributed by atoms with Crippen LogP contribution in [0.4, 0.5) is 0 Å². The number of rotatable bonds is 5. The quantitative estimate of drug-likeness (QED) is 0.597. The van der Waals surface area contributed by atoms with Crippen LogP contribution in [0.5, 0.6) is 0 Å². The Morgan fingerprint density at radius 1 is 1.59 bits per heavy atom.